The smallest absolute Gasteiger partial charge is 0.0756 e. The monoisotopic (exact) mass is 257 g/mol. The Hall–Kier alpha value is -2.77. The standard InChI is InChI=1S/C19H15N/c20-16-19(15-14-18-10-5-2-6-11-18)13-7-12-17-8-3-1-4-9-17/h1-6,8-11,14-15,19H,13H2/b15-14-. The minimum absolute atomic E-state index is 0.175. The van der Waals surface area contributed by atoms with Gasteiger partial charge in [0.05, 0.1) is 12.0 Å². The minimum atomic E-state index is -0.175. The van der Waals surface area contributed by atoms with Gasteiger partial charge in [0.25, 0.3) is 0 Å². The molecule has 0 heterocycles. The van der Waals surface area contributed by atoms with Crippen LogP contribution in [0.1, 0.15) is 17.5 Å². The molecule has 1 atom stereocenters. The first-order valence-electron chi connectivity index (χ1n) is 6.55. The highest BCUT2D eigenvalue weighted by Crippen LogP contribution is 2.08. The number of benzene rings is 2. The van der Waals surface area contributed by atoms with Gasteiger partial charge in [-0.05, 0) is 17.7 Å². The predicted molar refractivity (Wildman–Crippen MR) is 82.5 cm³/mol. The van der Waals surface area contributed by atoms with Crippen molar-refractivity contribution < 1.29 is 0 Å². The molecule has 2 aromatic carbocycles. The predicted octanol–water partition coefficient (Wildman–Crippen LogP) is 4.28. The fourth-order valence-corrected chi connectivity index (χ4v) is 1.73. The lowest BCUT2D eigenvalue weighted by Gasteiger charge is -1.97. The second-order valence-electron chi connectivity index (χ2n) is 4.38. The van der Waals surface area contributed by atoms with Crippen molar-refractivity contribution in [2.24, 2.45) is 5.92 Å². The second-order valence-corrected chi connectivity index (χ2v) is 4.38. The number of rotatable bonds is 3. The van der Waals surface area contributed by atoms with E-state index in [0.717, 1.165) is 11.1 Å². The molecule has 0 aliphatic heterocycles. The molecule has 0 aliphatic rings. The van der Waals surface area contributed by atoms with Crippen LogP contribution in [-0.2, 0) is 0 Å². The summed E-state index contributed by atoms with van der Waals surface area (Å²) in [5.74, 6) is 5.96. The minimum Gasteiger partial charge on any atom is -0.198 e. The zero-order chi connectivity index (χ0) is 14.0. The molecule has 1 unspecified atom stereocenters. The maximum absolute atomic E-state index is 9.13. The van der Waals surface area contributed by atoms with Gasteiger partial charge in [-0.2, -0.15) is 5.26 Å². The summed E-state index contributed by atoms with van der Waals surface area (Å²) in [4.78, 5) is 0. The molecule has 0 saturated heterocycles. The van der Waals surface area contributed by atoms with Gasteiger partial charge in [0.15, 0.2) is 0 Å². The van der Waals surface area contributed by atoms with Crippen molar-refractivity contribution in [3.8, 4) is 17.9 Å². The molecule has 0 amide bonds. The number of hydrogen-bond acceptors (Lipinski definition) is 1. The molecule has 1 heteroatoms. The molecule has 96 valence electrons. The van der Waals surface area contributed by atoms with Crippen LogP contribution in [0, 0.1) is 29.1 Å². The zero-order valence-electron chi connectivity index (χ0n) is 11.2. The van der Waals surface area contributed by atoms with Gasteiger partial charge in [0.1, 0.15) is 0 Å². The lowest BCUT2D eigenvalue weighted by Crippen LogP contribution is -1.89. The maximum Gasteiger partial charge on any atom is 0.0756 e. The van der Waals surface area contributed by atoms with Crippen LogP contribution in [-0.4, -0.2) is 0 Å². The molecule has 0 N–H and O–H groups in total. The molecule has 0 aromatic heterocycles. The van der Waals surface area contributed by atoms with Crippen LogP contribution in [0.5, 0.6) is 0 Å². The number of nitrogens with zero attached hydrogens (tertiary/aromatic N) is 1. The molecule has 0 fully saturated rings. The van der Waals surface area contributed by atoms with Gasteiger partial charge in [-0.15, -0.1) is 0 Å². The summed E-state index contributed by atoms with van der Waals surface area (Å²) in [6.07, 6.45) is 4.43. The molecule has 2 rings (SSSR count). The van der Waals surface area contributed by atoms with E-state index in [9.17, 15) is 0 Å². The lowest BCUT2D eigenvalue weighted by molar-refractivity contribution is 0.871. The van der Waals surface area contributed by atoms with E-state index in [1.165, 1.54) is 0 Å². The Morgan fingerprint density at radius 1 is 0.950 bits per heavy atom. The summed E-state index contributed by atoms with van der Waals surface area (Å²) in [6.45, 7) is 0. The Balaban J connectivity index is 1.96. The van der Waals surface area contributed by atoms with Crippen LogP contribution in [0.4, 0.5) is 0 Å². The van der Waals surface area contributed by atoms with E-state index in [1.807, 2.05) is 72.8 Å². The molecule has 0 saturated carbocycles. The van der Waals surface area contributed by atoms with E-state index in [-0.39, 0.29) is 5.92 Å². The van der Waals surface area contributed by atoms with Crippen molar-refractivity contribution in [2.75, 3.05) is 0 Å². The van der Waals surface area contributed by atoms with Gasteiger partial charge in [0.2, 0.25) is 0 Å². The molecule has 0 radical (unpaired) electrons. The lowest BCUT2D eigenvalue weighted by atomic mass is 10.1. The quantitative estimate of drug-likeness (QED) is 0.753. The first kappa shape index (κ1) is 13.7. The van der Waals surface area contributed by atoms with E-state index >= 15 is 0 Å². The number of nitriles is 1. The van der Waals surface area contributed by atoms with Crippen LogP contribution < -0.4 is 0 Å². The van der Waals surface area contributed by atoms with E-state index in [1.54, 1.807) is 0 Å². The van der Waals surface area contributed by atoms with Gasteiger partial charge in [0, 0.05) is 12.0 Å². The highest BCUT2D eigenvalue weighted by molar-refractivity contribution is 5.49. The maximum atomic E-state index is 9.13. The Kier molecular flexibility index (Phi) is 5.20. The van der Waals surface area contributed by atoms with Gasteiger partial charge in [-0.3, -0.25) is 0 Å². The largest absolute Gasteiger partial charge is 0.198 e. The number of allylic oxidation sites excluding steroid dienone is 1. The summed E-state index contributed by atoms with van der Waals surface area (Å²) >= 11 is 0. The Bertz CT molecular complexity index is 652. The van der Waals surface area contributed by atoms with Crippen LogP contribution in [0.25, 0.3) is 6.08 Å². The fourth-order valence-electron chi connectivity index (χ4n) is 1.73. The Morgan fingerprint density at radius 3 is 2.25 bits per heavy atom. The third kappa shape index (κ3) is 4.48. The average molecular weight is 257 g/mol. The van der Waals surface area contributed by atoms with Crippen molar-refractivity contribution in [3.05, 3.63) is 77.9 Å². The molecule has 2 aromatic rings. The van der Waals surface area contributed by atoms with E-state index in [2.05, 4.69) is 17.9 Å². The number of hydrogen-bond donors (Lipinski definition) is 0. The van der Waals surface area contributed by atoms with E-state index in [0.29, 0.717) is 6.42 Å². The molecule has 0 aliphatic carbocycles. The summed E-state index contributed by atoms with van der Waals surface area (Å²) in [6, 6.07) is 22.1. The molecule has 0 bridgehead atoms. The summed E-state index contributed by atoms with van der Waals surface area (Å²) in [7, 11) is 0. The zero-order valence-corrected chi connectivity index (χ0v) is 11.2. The van der Waals surface area contributed by atoms with Crippen molar-refractivity contribution in [1.29, 1.82) is 5.26 Å². The van der Waals surface area contributed by atoms with Crippen LogP contribution in [0.15, 0.2) is 66.7 Å². The van der Waals surface area contributed by atoms with Gasteiger partial charge in [-0.25, -0.2) is 0 Å². The first-order chi connectivity index (χ1) is 9.88. The third-order valence-corrected chi connectivity index (χ3v) is 2.81. The normalized spacial score (nSPS) is 11.3. The third-order valence-electron chi connectivity index (χ3n) is 2.81. The van der Waals surface area contributed by atoms with Crippen molar-refractivity contribution in [1.82, 2.24) is 0 Å². The SMILES string of the molecule is N#CC(/C=C\c1ccccc1)CC#Cc1ccccc1. The summed E-state index contributed by atoms with van der Waals surface area (Å²) < 4.78 is 0. The molecular weight excluding hydrogens is 242 g/mol. The van der Waals surface area contributed by atoms with Gasteiger partial charge in [-0.1, -0.05) is 72.5 Å². The van der Waals surface area contributed by atoms with Crippen molar-refractivity contribution in [2.45, 2.75) is 6.42 Å². The molecular formula is C19H15N. The Morgan fingerprint density at radius 2 is 1.60 bits per heavy atom. The first-order valence-corrected chi connectivity index (χ1v) is 6.55. The Labute approximate surface area is 120 Å². The van der Waals surface area contributed by atoms with E-state index in [4.69, 9.17) is 5.26 Å². The van der Waals surface area contributed by atoms with Crippen LogP contribution in [0.3, 0.4) is 0 Å². The highest BCUT2D eigenvalue weighted by Gasteiger charge is 1.99. The molecule has 0 spiro atoms. The van der Waals surface area contributed by atoms with Gasteiger partial charge >= 0.3 is 0 Å². The average Bonchev–Trinajstić information content (AvgIpc) is 2.52. The fraction of sp³-hybridized carbons (Fsp3) is 0.105. The summed E-state index contributed by atoms with van der Waals surface area (Å²) in [5.41, 5.74) is 2.08. The molecule has 20 heavy (non-hydrogen) atoms. The highest BCUT2D eigenvalue weighted by atomic mass is 14.3. The molecule has 1 nitrogen and oxygen atoms in total. The van der Waals surface area contributed by atoms with Crippen molar-refractivity contribution in [3.63, 3.8) is 0 Å². The second kappa shape index (κ2) is 7.62. The van der Waals surface area contributed by atoms with Crippen LogP contribution >= 0.6 is 0 Å². The summed E-state index contributed by atoms with van der Waals surface area (Å²) in [5, 5.41) is 9.13. The van der Waals surface area contributed by atoms with E-state index < -0.39 is 0 Å². The van der Waals surface area contributed by atoms with Crippen LogP contribution in [0.2, 0.25) is 0 Å². The van der Waals surface area contributed by atoms with Gasteiger partial charge < -0.3 is 0 Å². The topological polar surface area (TPSA) is 23.8 Å². The van der Waals surface area contributed by atoms with Crippen molar-refractivity contribution >= 4 is 6.08 Å².